The van der Waals surface area contributed by atoms with Gasteiger partial charge in [0, 0.05) is 26.2 Å². The molecular formula is C22H31N3O2. The van der Waals surface area contributed by atoms with Crippen LogP contribution >= 0.6 is 0 Å². The van der Waals surface area contributed by atoms with Crippen LogP contribution in [-0.4, -0.2) is 39.5 Å². The molecule has 1 fully saturated rings. The molecule has 1 atom stereocenters. The van der Waals surface area contributed by atoms with Gasteiger partial charge in [0.25, 0.3) is 0 Å². The molecule has 0 radical (unpaired) electrons. The minimum Gasteiger partial charge on any atom is -0.492 e. The van der Waals surface area contributed by atoms with Crippen LogP contribution in [-0.2, 0) is 13.1 Å². The van der Waals surface area contributed by atoms with Crippen molar-refractivity contribution >= 4 is 0 Å². The lowest BCUT2D eigenvalue weighted by Gasteiger charge is -2.29. The number of aromatic nitrogens is 2. The second-order valence-corrected chi connectivity index (χ2v) is 8.14. The number of aliphatic hydroxyl groups is 1. The molecule has 0 spiro atoms. The van der Waals surface area contributed by atoms with Crippen molar-refractivity contribution in [1.82, 2.24) is 14.7 Å². The zero-order valence-corrected chi connectivity index (χ0v) is 16.5. The minimum absolute atomic E-state index is 0.389. The maximum atomic E-state index is 10.5. The smallest absolute Gasteiger partial charge is 0.119 e. The van der Waals surface area contributed by atoms with Crippen LogP contribution < -0.4 is 4.74 Å². The summed E-state index contributed by atoms with van der Waals surface area (Å²) in [6.45, 7) is 8.69. The van der Waals surface area contributed by atoms with Gasteiger partial charge in [-0.1, -0.05) is 12.5 Å². The van der Waals surface area contributed by atoms with E-state index in [0.717, 1.165) is 56.9 Å². The molecule has 4 rings (SSSR count). The monoisotopic (exact) mass is 369 g/mol. The van der Waals surface area contributed by atoms with E-state index in [4.69, 9.17) is 9.84 Å². The lowest BCUT2D eigenvalue weighted by Crippen LogP contribution is -2.28. The first kappa shape index (κ1) is 18.5. The molecule has 1 aromatic carbocycles. The average molecular weight is 370 g/mol. The second-order valence-electron chi connectivity index (χ2n) is 8.14. The first-order valence-corrected chi connectivity index (χ1v) is 10.3. The predicted octanol–water partition coefficient (Wildman–Crippen LogP) is 3.62. The minimum atomic E-state index is -0.389. The van der Waals surface area contributed by atoms with E-state index in [0.29, 0.717) is 12.5 Å². The van der Waals surface area contributed by atoms with Gasteiger partial charge in [-0.15, -0.1) is 0 Å². The molecule has 0 saturated heterocycles. The van der Waals surface area contributed by atoms with Gasteiger partial charge in [0.1, 0.15) is 18.5 Å². The van der Waals surface area contributed by atoms with Crippen molar-refractivity contribution in [1.29, 1.82) is 0 Å². The van der Waals surface area contributed by atoms with Gasteiger partial charge in [0.05, 0.1) is 11.4 Å². The average Bonchev–Trinajstić information content (AvgIpc) is 2.90. The van der Waals surface area contributed by atoms with Gasteiger partial charge in [0.2, 0.25) is 0 Å². The molecule has 1 aliphatic heterocycles. The maximum Gasteiger partial charge on any atom is 0.119 e. The highest BCUT2D eigenvalue weighted by molar-refractivity contribution is 5.33. The molecule has 2 aromatic rings. The predicted molar refractivity (Wildman–Crippen MR) is 106 cm³/mol. The molecule has 1 aromatic heterocycles. The van der Waals surface area contributed by atoms with Gasteiger partial charge in [-0.2, -0.15) is 5.10 Å². The standard InChI is InChI=1S/C22H31N3O2/c1-16-7-8-20(13-17(16)2)27-12-11-24-9-4-10-25-19(15-24)14-21(23-25)22(26)18-5-3-6-18/h7-8,13-14,18,22,26H,3-6,9-12,15H2,1-2H3/t22-/m0/s1. The molecule has 0 unspecified atom stereocenters. The third kappa shape index (κ3) is 4.19. The molecule has 1 saturated carbocycles. The Morgan fingerprint density at radius 2 is 2.00 bits per heavy atom. The molecule has 27 heavy (non-hydrogen) atoms. The quantitative estimate of drug-likeness (QED) is 0.845. The van der Waals surface area contributed by atoms with E-state index in [1.807, 2.05) is 6.07 Å². The molecule has 1 aliphatic carbocycles. The first-order valence-electron chi connectivity index (χ1n) is 10.3. The summed E-state index contributed by atoms with van der Waals surface area (Å²) in [5, 5.41) is 15.2. The summed E-state index contributed by atoms with van der Waals surface area (Å²) in [5.74, 6) is 1.36. The van der Waals surface area contributed by atoms with Crippen LogP contribution in [0.25, 0.3) is 0 Å². The largest absolute Gasteiger partial charge is 0.492 e. The van der Waals surface area contributed by atoms with Gasteiger partial charge in [-0.05, 0) is 68.4 Å². The number of ether oxygens (including phenoxy) is 1. The Morgan fingerprint density at radius 3 is 2.74 bits per heavy atom. The van der Waals surface area contributed by atoms with Gasteiger partial charge in [0.15, 0.2) is 0 Å². The second kappa shape index (κ2) is 8.03. The fourth-order valence-electron chi connectivity index (χ4n) is 3.98. The molecule has 5 nitrogen and oxygen atoms in total. The Labute approximate surface area is 161 Å². The highest BCUT2D eigenvalue weighted by atomic mass is 16.5. The Morgan fingerprint density at radius 1 is 1.15 bits per heavy atom. The number of rotatable bonds is 6. The van der Waals surface area contributed by atoms with Crippen LogP contribution in [0.5, 0.6) is 5.75 Å². The Hall–Kier alpha value is -1.85. The molecule has 5 heteroatoms. The number of hydrogen-bond acceptors (Lipinski definition) is 4. The third-order valence-corrected chi connectivity index (χ3v) is 6.17. The highest BCUT2D eigenvalue weighted by Gasteiger charge is 2.29. The van der Waals surface area contributed by atoms with Crippen molar-refractivity contribution in [2.24, 2.45) is 5.92 Å². The highest BCUT2D eigenvalue weighted by Crippen LogP contribution is 2.37. The molecule has 1 N–H and O–H groups in total. The number of aryl methyl sites for hydroxylation is 3. The van der Waals surface area contributed by atoms with Gasteiger partial charge in [-0.3, -0.25) is 9.58 Å². The number of aliphatic hydroxyl groups excluding tert-OH is 1. The molecule has 146 valence electrons. The molecule has 0 amide bonds. The molecular weight excluding hydrogens is 338 g/mol. The first-order chi connectivity index (χ1) is 13.1. The zero-order valence-electron chi connectivity index (χ0n) is 16.5. The Kier molecular flexibility index (Phi) is 5.50. The summed E-state index contributed by atoms with van der Waals surface area (Å²) in [6, 6.07) is 8.39. The lowest BCUT2D eigenvalue weighted by molar-refractivity contribution is 0.0580. The number of fused-ring (bicyclic) bond motifs is 1. The SMILES string of the molecule is Cc1ccc(OCCN2CCCn3nc([C@@H](O)C4CCC4)cc3C2)cc1C. The van der Waals surface area contributed by atoms with Crippen LogP contribution in [0.2, 0.25) is 0 Å². The van der Waals surface area contributed by atoms with E-state index in [1.54, 1.807) is 0 Å². The fraction of sp³-hybridized carbons (Fsp3) is 0.591. The third-order valence-electron chi connectivity index (χ3n) is 6.17. The van der Waals surface area contributed by atoms with E-state index < -0.39 is 0 Å². The van der Waals surface area contributed by atoms with Crippen LogP contribution in [0.15, 0.2) is 24.3 Å². The summed E-state index contributed by atoms with van der Waals surface area (Å²) < 4.78 is 8.06. The summed E-state index contributed by atoms with van der Waals surface area (Å²) in [5.41, 5.74) is 4.64. The molecule has 0 bridgehead atoms. The van der Waals surface area contributed by atoms with Crippen molar-refractivity contribution in [2.75, 3.05) is 19.7 Å². The van der Waals surface area contributed by atoms with Crippen molar-refractivity contribution < 1.29 is 9.84 Å². The van der Waals surface area contributed by atoms with E-state index in [9.17, 15) is 5.11 Å². The van der Waals surface area contributed by atoms with E-state index in [-0.39, 0.29) is 6.10 Å². The normalized spacial score (nSPS) is 19.2. The van der Waals surface area contributed by atoms with Crippen LogP contribution in [0, 0.1) is 19.8 Å². The topological polar surface area (TPSA) is 50.5 Å². The number of nitrogens with zero attached hydrogens (tertiary/aromatic N) is 3. The Balaban J connectivity index is 1.33. The van der Waals surface area contributed by atoms with Crippen LogP contribution in [0.4, 0.5) is 0 Å². The lowest BCUT2D eigenvalue weighted by atomic mass is 9.80. The summed E-state index contributed by atoms with van der Waals surface area (Å²) in [6.07, 6.45) is 4.19. The van der Waals surface area contributed by atoms with Crippen molar-refractivity contribution in [3.63, 3.8) is 0 Å². The fourth-order valence-corrected chi connectivity index (χ4v) is 3.98. The Bertz CT molecular complexity index is 782. The van der Waals surface area contributed by atoms with Crippen molar-refractivity contribution in [2.45, 2.75) is 58.7 Å². The summed E-state index contributed by atoms with van der Waals surface area (Å²) in [4.78, 5) is 2.43. The van der Waals surface area contributed by atoms with Crippen LogP contribution in [0.1, 0.15) is 54.3 Å². The number of hydrogen-bond donors (Lipinski definition) is 1. The van der Waals surface area contributed by atoms with E-state index >= 15 is 0 Å². The van der Waals surface area contributed by atoms with Gasteiger partial charge in [-0.25, -0.2) is 0 Å². The van der Waals surface area contributed by atoms with E-state index in [2.05, 4.69) is 41.6 Å². The maximum absolute atomic E-state index is 10.5. The van der Waals surface area contributed by atoms with Gasteiger partial charge >= 0.3 is 0 Å². The summed E-state index contributed by atoms with van der Waals surface area (Å²) >= 11 is 0. The summed E-state index contributed by atoms with van der Waals surface area (Å²) in [7, 11) is 0. The van der Waals surface area contributed by atoms with Crippen molar-refractivity contribution in [3.05, 3.63) is 46.8 Å². The van der Waals surface area contributed by atoms with Crippen LogP contribution in [0.3, 0.4) is 0 Å². The number of benzene rings is 1. The molecule has 2 heterocycles. The van der Waals surface area contributed by atoms with Gasteiger partial charge < -0.3 is 9.84 Å². The van der Waals surface area contributed by atoms with Crippen molar-refractivity contribution in [3.8, 4) is 5.75 Å². The zero-order chi connectivity index (χ0) is 18.8. The van der Waals surface area contributed by atoms with E-state index in [1.165, 1.54) is 23.2 Å². The molecule has 2 aliphatic rings.